The summed E-state index contributed by atoms with van der Waals surface area (Å²) in [6.45, 7) is 0. The molecular weight excluding hydrogens is 257 g/mol. The highest BCUT2D eigenvalue weighted by molar-refractivity contribution is 7.18. The molecule has 2 heterocycles. The van der Waals surface area contributed by atoms with Crippen LogP contribution in [0.15, 0.2) is 23.6 Å². The van der Waals surface area contributed by atoms with E-state index in [0.29, 0.717) is 11.6 Å². The van der Waals surface area contributed by atoms with Crippen molar-refractivity contribution in [1.29, 1.82) is 0 Å². The number of thiazole rings is 2. The van der Waals surface area contributed by atoms with Gasteiger partial charge in [0.1, 0.15) is 5.82 Å². The molecule has 3 nitrogen and oxygen atoms in total. The molecule has 0 saturated carbocycles. The Balaban J connectivity index is 1.95. The van der Waals surface area contributed by atoms with E-state index >= 15 is 0 Å². The normalized spacial score (nSPS) is 11.1. The summed E-state index contributed by atoms with van der Waals surface area (Å²) in [6, 6.07) is 4.62. The van der Waals surface area contributed by atoms with E-state index in [2.05, 4.69) is 9.97 Å². The van der Waals surface area contributed by atoms with Crippen LogP contribution < -0.4 is 5.73 Å². The van der Waals surface area contributed by atoms with Crippen LogP contribution in [0.25, 0.3) is 10.2 Å². The third-order valence-corrected chi connectivity index (χ3v) is 4.04. The molecule has 0 aliphatic heterocycles. The van der Waals surface area contributed by atoms with Crippen molar-refractivity contribution >= 4 is 38.0 Å². The third kappa shape index (κ3) is 2.13. The van der Waals surface area contributed by atoms with Crippen LogP contribution in [0.4, 0.5) is 9.52 Å². The van der Waals surface area contributed by atoms with E-state index in [4.69, 9.17) is 5.73 Å². The summed E-state index contributed by atoms with van der Waals surface area (Å²) < 4.78 is 13.9. The third-order valence-electron chi connectivity index (χ3n) is 2.30. The summed E-state index contributed by atoms with van der Waals surface area (Å²) in [7, 11) is 0. The van der Waals surface area contributed by atoms with Crippen molar-refractivity contribution in [3.63, 3.8) is 0 Å². The van der Waals surface area contributed by atoms with E-state index < -0.39 is 0 Å². The number of benzene rings is 1. The summed E-state index contributed by atoms with van der Waals surface area (Å²) in [4.78, 5) is 8.62. The Hall–Kier alpha value is -1.53. The van der Waals surface area contributed by atoms with Crippen molar-refractivity contribution in [1.82, 2.24) is 9.97 Å². The Kier molecular flexibility index (Phi) is 2.53. The van der Waals surface area contributed by atoms with E-state index in [1.807, 2.05) is 5.38 Å². The lowest BCUT2D eigenvalue weighted by molar-refractivity contribution is 0.630. The van der Waals surface area contributed by atoms with Crippen LogP contribution in [0.5, 0.6) is 0 Å². The van der Waals surface area contributed by atoms with Gasteiger partial charge in [-0.05, 0) is 18.2 Å². The first-order valence-corrected chi connectivity index (χ1v) is 6.65. The van der Waals surface area contributed by atoms with Crippen molar-refractivity contribution in [3.8, 4) is 0 Å². The van der Waals surface area contributed by atoms with Crippen LogP contribution in [0.3, 0.4) is 0 Å². The molecule has 0 amide bonds. The van der Waals surface area contributed by atoms with Gasteiger partial charge >= 0.3 is 0 Å². The molecule has 1 aromatic carbocycles. The van der Waals surface area contributed by atoms with Gasteiger partial charge in [0.25, 0.3) is 0 Å². The maximum Gasteiger partial charge on any atom is 0.180 e. The number of nitrogen functional groups attached to an aromatic ring is 1. The predicted octanol–water partition coefficient (Wildman–Crippen LogP) is 3.06. The second-order valence-corrected chi connectivity index (χ2v) is 5.58. The molecule has 2 N–H and O–H groups in total. The highest BCUT2D eigenvalue weighted by Gasteiger charge is 2.07. The number of hydrogen-bond donors (Lipinski definition) is 1. The Morgan fingerprint density at radius 3 is 2.94 bits per heavy atom. The van der Waals surface area contributed by atoms with Gasteiger partial charge in [-0.1, -0.05) is 0 Å². The van der Waals surface area contributed by atoms with E-state index in [1.165, 1.54) is 34.8 Å². The maximum absolute atomic E-state index is 13.0. The zero-order valence-electron chi connectivity index (χ0n) is 8.68. The van der Waals surface area contributed by atoms with Gasteiger partial charge in [0.15, 0.2) is 5.13 Å². The molecule has 3 aromatic rings. The topological polar surface area (TPSA) is 51.8 Å². The first kappa shape index (κ1) is 10.6. The zero-order chi connectivity index (χ0) is 11.8. The minimum atomic E-state index is -0.231. The summed E-state index contributed by atoms with van der Waals surface area (Å²) in [5, 5.41) is 3.41. The van der Waals surface area contributed by atoms with Crippen molar-refractivity contribution in [2.24, 2.45) is 0 Å². The lowest BCUT2D eigenvalue weighted by atomic mass is 10.3. The van der Waals surface area contributed by atoms with Gasteiger partial charge in [-0.15, -0.1) is 22.7 Å². The molecule has 17 heavy (non-hydrogen) atoms. The van der Waals surface area contributed by atoms with Crippen LogP contribution in [0.1, 0.15) is 10.7 Å². The summed E-state index contributed by atoms with van der Waals surface area (Å²) in [6.07, 6.45) is 0.647. The molecular formula is C11H8FN3S2. The van der Waals surface area contributed by atoms with Crippen LogP contribution in [-0.4, -0.2) is 9.97 Å². The van der Waals surface area contributed by atoms with Crippen molar-refractivity contribution in [2.75, 3.05) is 5.73 Å². The predicted molar refractivity (Wildman–Crippen MR) is 68.9 cm³/mol. The second-order valence-electron chi connectivity index (χ2n) is 3.57. The number of aromatic nitrogens is 2. The first-order valence-electron chi connectivity index (χ1n) is 4.95. The number of anilines is 1. The number of hydrogen-bond acceptors (Lipinski definition) is 5. The first-order chi connectivity index (χ1) is 8.20. The smallest absolute Gasteiger partial charge is 0.180 e. The van der Waals surface area contributed by atoms with Gasteiger partial charge in [0.05, 0.1) is 20.9 Å². The van der Waals surface area contributed by atoms with E-state index in [9.17, 15) is 4.39 Å². The number of nitrogens with two attached hydrogens (primary N) is 1. The highest BCUT2D eigenvalue weighted by atomic mass is 32.1. The van der Waals surface area contributed by atoms with Gasteiger partial charge in [-0.2, -0.15) is 0 Å². The van der Waals surface area contributed by atoms with Crippen LogP contribution in [0, 0.1) is 5.82 Å². The van der Waals surface area contributed by atoms with Gasteiger partial charge in [-0.3, -0.25) is 0 Å². The number of nitrogens with zero attached hydrogens (tertiary/aromatic N) is 2. The molecule has 0 atom stereocenters. The molecule has 0 aliphatic carbocycles. The molecule has 3 rings (SSSR count). The Bertz CT molecular complexity index is 674. The van der Waals surface area contributed by atoms with E-state index in [0.717, 1.165) is 20.9 Å². The standard InChI is InChI=1S/C11H8FN3S2/c12-6-1-2-8-9(3-6)17-10(15-8)4-7-5-16-11(13)14-7/h1-3,5H,4H2,(H2,13,14). The fourth-order valence-electron chi connectivity index (χ4n) is 1.58. The highest BCUT2D eigenvalue weighted by Crippen LogP contribution is 2.25. The van der Waals surface area contributed by atoms with Crippen molar-refractivity contribution in [2.45, 2.75) is 6.42 Å². The summed E-state index contributed by atoms with van der Waals surface area (Å²) in [5.41, 5.74) is 7.31. The fourth-order valence-corrected chi connectivity index (χ4v) is 3.15. The maximum atomic E-state index is 13.0. The monoisotopic (exact) mass is 265 g/mol. The molecule has 0 unspecified atom stereocenters. The quantitative estimate of drug-likeness (QED) is 0.774. The molecule has 0 aliphatic rings. The Morgan fingerprint density at radius 2 is 2.18 bits per heavy atom. The minimum Gasteiger partial charge on any atom is -0.375 e. The lowest BCUT2D eigenvalue weighted by Gasteiger charge is -1.88. The van der Waals surface area contributed by atoms with Gasteiger partial charge in [0, 0.05) is 11.8 Å². The zero-order valence-corrected chi connectivity index (χ0v) is 10.3. The van der Waals surface area contributed by atoms with Gasteiger partial charge < -0.3 is 5.73 Å². The largest absolute Gasteiger partial charge is 0.375 e. The van der Waals surface area contributed by atoms with Crippen LogP contribution in [-0.2, 0) is 6.42 Å². The number of rotatable bonds is 2. The van der Waals surface area contributed by atoms with Crippen molar-refractivity contribution < 1.29 is 4.39 Å². The second kappa shape index (κ2) is 4.05. The minimum absolute atomic E-state index is 0.231. The molecule has 0 saturated heterocycles. The SMILES string of the molecule is Nc1nc(Cc2nc3ccc(F)cc3s2)cs1. The molecule has 0 radical (unpaired) electrons. The average Bonchev–Trinajstić information content (AvgIpc) is 2.84. The molecule has 0 bridgehead atoms. The van der Waals surface area contributed by atoms with Gasteiger partial charge in [-0.25, -0.2) is 14.4 Å². The van der Waals surface area contributed by atoms with E-state index in [1.54, 1.807) is 6.07 Å². The number of fused-ring (bicyclic) bond motifs is 1. The molecule has 0 fully saturated rings. The molecule has 6 heteroatoms. The van der Waals surface area contributed by atoms with Crippen LogP contribution >= 0.6 is 22.7 Å². The lowest BCUT2D eigenvalue weighted by Crippen LogP contribution is -1.88. The molecule has 86 valence electrons. The molecule has 0 spiro atoms. The molecule has 2 aromatic heterocycles. The Morgan fingerprint density at radius 1 is 1.29 bits per heavy atom. The Labute approximate surface area is 105 Å². The van der Waals surface area contributed by atoms with Crippen LogP contribution in [0.2, 0.25) is 0 Å². The number of halogens is 1. The van der Waals surface area contributed by atoms with Crippen molar-refractivity contribution in [3.05, 3.63) is 40.1 Å². The van der Waals surface area contributed by atoms with E-state index in [-0.39, 0.29) is 5.82 Å². The summed E-state index contributed by atoms with van der Waals surface area (Å²) in [5.74, 6) is -0.231. The van der Waals surface area contributed by atoms with Gasteiger partial charge in [0.2, 0.25) is 0 Å². The fraction of sp³-hybridized carbons (Fsp3) is 0.0909. The summed E-state index contributed by atoms with van der Waals surface area (Å²) >= 11 is 2.90. The average molecular weight is 265 g/mol.